The van der Waals surface area contributed by atoms with Crippen molar-refractivity contribution in [1.82, 2.24) is 10.3 Å². The Bertz CT molecular complexity index is 601. The molecule has 2 aromatic rings. The molecule has 1 unspecified atom stereocenters. The summed E-state index contributed by atoms with van der Waals surface area (Å²) in [5, 5.41) is 3.20. The molecule has 0 saturated heterocycles. The van der Waals surface area contributed by atoms with Gasteiger partial charge in [0.15, 0.2) is 0 Å². The maximum Gasteiger partial charge on any atom is 0.248 e. The lowest BCUT2D eigenvalue weighted by Gasteiger charge is -2.14. The van der Waals surface area contributed by atoms with Crippen LogP contribution < -0.4 is 11.1 Å². The molecular weight excluding hydrogens is 257 g/mol. The van der Waals surface area contributed by atoms with Crippen molar-refractivity contribution in [1.29, 1.82) is 0 Å². The Balaban J connectivity index is 2.07. The van der Waals surface area contributed by atoms with Gasteiger partial charge in [0.25, 0.3) is 0 Å². The van der Waals surface area contributed by atoms with Gasteiger partial charge in [0.2, 0.25) is 5.91 Å². The van der Waals surface area contributed by atoms with Gasteiger partial charge >= 0.3 is 0 Å². The van der Waals surface area contributed by atoms with Crippen LogP contribution in [0.15, 0.2) is 42.7 Å². The molecule has 0 saturated carbocycles. The summed E-state index contributed by atoms with van der Waals surface area (Å²) < 4.78 is 13.7. The smallest absolute Gasteiger partial charge is 0.248 e. The molecule has 4 nitrogen and oxygen atoms in total. The largest absolute Gasteiger partial charge is 0.366 e. The molecule has 1 aromatic heterocycles. The minimum Gasteiger partial charge on any atom is -0.366 e. The number of nitrogens with one attached hydrogen (secondary N) is 1. The summed E-state index contributed by atoms with van der Waals surface area (Å²) in [5.41, 5.74) is 6.98. The molecule has 2 rings (SSSR count). The molecule has 1 atom stereocenters. The molecule has 1 heterocycles. The zero-order valence-electron chi connectivity index (χ0n) is 11.1. The fraction of sp³-hybridized carbons (Fsp3) is 0.200. The van der Waals surface area contributed by atoms with Gasteiger partial charge in [-0.1, -0.05) is 0 Å². The predicted molar refractivity (Wildman–Crippen MR) is 74.4 cm³/mol. The standard InChI is InChI=1S/C15H16FN3O/c1-10(11-4-6-18-7-5-11)19-9-13-8-12(15(17)20)2-3-14(13)16/h2-8,10,19H,9H2,1H3,(H2,17,20). The summed E-state index contributed by atoms with van der Waals surface area (Å²) in [6.45, 7) is 2.29. The third-order valence-corrected chi connectivity index (χ3v) is 3.14. The third kappa shape index (κ3) is 3.39. The Morgan fingerprint density at radius 3 is 2.70 bits per heavy atom. The van der Waals surface area contributed by atoms with Crippen LogP contribution in [-0.4, -0.2) is 10.9 Å². The number of hydrogen-bond donors (Lipinski definition) is 2. The van der Waals surface area contributed by atoms with Crippen LogP contribution in [0.4, 0.5) is 4.39 Å². The highest BCUT2D eigenvalue weighted by atomic mass is 19.1. The Hall–Kier alpha value is -2.27. The van der Waals surface area contributed by atoms with E-state index in [9.17, 15) is 9.18 Å². The van der Waals surface area contributed by atoms with Crippen LogP contribution in [0.1, 0.15) is 34.5 Å². The zero-order valence-corrected chi connectivity index (χ0v) is 11.1. The highest BCUT2D eigenvalue weighted by molar-refractivity contribution is 5.92. The van der Waals surface area contributed by atoms with Crippen molar-refractivity contribution in [2.75, 3.05) is 0 Å². The highest BCUT2D eigenvalue weighted by Gasteiger charge is 2.09. The fourth-order valence-electron chi connectivity index (χ4n) is 1.90. The van der Waals surface area contributed by atoms with E-state index < -0.39 is 5.91 Å². The van der Waals surface area contributed by atoms with Crippen molar-refractivity contribution in [3.63, 3.8) is 0 Å². The summed E-state index contributed by atoms with van der Waals surface area (Å²) in [4.78, 5) is 15.0. The molecule has 0 bridgehead atoms. The van der Waals surface area contributed by atoms with Crippen molar-refractivity contribution in [2.24, 2.45) is 5.73 Å². The normalized spacial score (nSPS) is 12.1. The molecule has 0 spiro atoms. The minimum absolute atomic E-state index is 0.0506. The van der Waals surface area contributed by atoms with Crippen LogP contribution in [0.5, 0.6) is 0 Å². The second-order valence-electron chi connectivity index (χ2n) is 4.55. The number of carbonyl (C=O) groups is 1. The number of rotatable bonds is 5. The lowest BCUT2D eigenvalue weighted by atomic mass is 10.1. The minimum atomic E-state index is -0.562. The number of pyridine rings is 1. The average molecular weight is 273 g/mol. The van der Waals surface area contributed by atoms with Crippen LogP contribution in [-0.2, 0) is 6.54 Å². The molecule has 0 aliphatic rings. The Kier molecular flexibility index (Phi) is 4.42. The van der Waals surface area contributed by atoms with Gasteiger partial charge in [-0.05, 0) is 42.8 Å². The van der Waals surface area contributed by atoms with E-state index in [0.717, 1.165) is 5.56 Å². The number of nitrogens with two attached hydrogens (primary N) is 1. The molecule has 0 fully saturated rings. The van der Waals surface area contributed by atoms with Crippen molar-refractivity contribution in [2.45, 2.75) is 19.5 Å². The molecule has 0 aliphatic carbocycles. The molecule has 3 N–H and O–H groups in total. The van der Waals surface area contributed by atoms with Crippen molar-refractivity contribution < 1.29 is 9.18 Å². The first-order valence-electron chi connectivity index (χ1n) is 6.29. The maximum absolute atomic E-state index is 13.7. The molecule has 0 radical (unpaired) electrons. The SMILES string of the molecule is CC(NCc1cc(C(N)=O)ccc1F)c1ccncc1. The molecule has 104 valence electrons. The van der Waals surface area contributed by atoms with Crippen LogP contribution in [0.2, 0.25) is 0 Å². The molecule has 1 amide bonds. The Morgan fingerprint density at radius 1 is 1.35 bits per heavy atom. The van der Waals surface area contributed by atoms with Gasteiger partial charge in [-0.3, -0.25) is 9.78 Å². The van der Waals surface area contributed by atoms with E-state index >= 15 is 0 Å². The predicted octanol–water partition coefficient (Wildman–Crippen LogP) is 2.17. The third-order valence-electron chi connectivity index (χ3n) is 3.14. The summed E-state index contributed by atoms with van der Waals surface area (Å²) in [7, 11) is 0. The first kappa shape index (κ1) is 14.1. The number of nitrogens with zero attached hydrogens (tertiary/aromatic N) is 1. The lowest BCUT2D eigenvalue weighted by molar-refractivity contribution is 0.1000. The number of aromatic nitrogens is 1. The fourth-order valence-corrected chi connectivity index (χ4v) is 1.90. The lowest BCUT2D eigenvalue weighted by Crippen LogP contribution is -2.19. The number of halogens is 1. The van der Waals surface area contributed by atoms with E-state index in [2.05, 4.69) is 10.3 Å². The van der Waals surface area contributed by atoms with Gasteiger partial charge in [-0.2, -0.15) is 0 Å². The number of carbonyl (C=O) groups excluding carboxylic acids is 1. The van der Waals surface area contributed by atoms with Gasteiger partial charge in [-0.15, -0.1) is 0 Å². The van der Waals surface area contributed by atoms with E-state index in [-0.39, 0.29) is 11.9 Å². The molecule has 20 heavy (non-hydrogen) atoms. The zero-order chi connectivity index (χ0) is 14.5. The van der Waals surface area contributed by atoms with Gasteiger partial charge in [0.1, 0.15) is 5.82 Å². The van der Waals surface area contributed by atoms with Gasteiger partial charge in [0.05, 0.1) is 0 Å². The molecule has 1 aromatic carbocycles. The van der Waals surface area contributed by atoms with Crippen molar-refractivity contribution in [3.05, 3.63) is 65.2 Å². The summed E-state index contributed by atoms with van der Waals surface area (Å²) in [5.74, 6) is -0.919. The highest BCUT2D eigenvalue weighted by Crippen LogP contribution is 2.14. The van der Waals surface area contributed by atoms with E-state index in [0.29, 0.717) is 17.7 Å². The van der Waals surface area contributed by atoms with E-state index in [4.69, 9.17) is 5.73 Å². The van der Waals surface area contributed by atoms with Crippen molar-refractivity contribution in [3.8, 4) is 0 Å². The van der Waals surface area contributed by atoms with Gasteiger partial charge in [0, 0.05) is 36.1 Å². The van der Waals surface area contributed by atoms with Gasteiger partial charge < -0.3 is 11.1 Å². The Morgan fingerprint density at radius 2 is 2.05 bits per heavy atom. The summed E-state index contributed by atoms with van der Waals surface area (Å²) in [6, 6.07) is 7.96. The topological polar surface area (TPSA) is 68.0 Å². The number of hydrogen-bond acceptors (Lipinski definition) is 3. The number of benzene rings is 1. The average Bonchev–Trinajstić information content (AvgIpc) is 2.46. The summed E-state index contributed by atoms with van der Waals surface area (Å²) in [6.07, 6.45) is 3.42. The molecule has 5 heteroatoms. The second kappa shape index (κ2) is 6.25. The second-order valence-corrected chi connectivity index (χ2v) is 4.55. The number of amides is 1. The first-order valence-corrected chi connectivity index (χ1v) is 6.29. The first-order chi connectivity index (χ1) is 9.58. The van der Waals surface area contributed by atoms with Crippen LogP contribution in [0.3, 0.4) is 0 Å². The Labute approximate surface area is 116 Å². The van der Waals surface area contributed by atoms with E-state index in [1.165, 1.54) is 18.2 Å². The van der Waals surface area contributed by atoms with Crippen LogP contribution >= 0.6 is 0 Å². The maximum atomic E-state index is 13.7. The van der Waals surface area contributed by atoms with Crippen LogP contribution in [0.25, 0.3) is 0 Å². The number of primary amides is 1. The van der Waals surface area contributed by atoms with Gasteiger partial charge in [-0.25, -0.2) is 4.39 Å². The summed E-state index contributed by atoms with van der Waals surface area (Å²) >= 11 is 0. The monoisotopic (exact) mass is 273 g/mol. The van der Waals surface area contributed by atoms with E-state index in [1.807, 2.05) is 19.1 Å². The quantitative estimate of drug-likeness (QED) is 0.877. The van der Waals surface area contributed by atoms with Crippen molar-refractivity contribution >= 4 is 5.91 Å². The van der Waals surface area contributed by atoms with Crippen LogP contribution in [0, 0.1) is 5.82 Å². The van der Waals surface area contributed by atoms with E-state index in [1.54, 1.807) is 12.4 Å². The molecule has 0 aliphatic heterocycles. The molecular formula is C15H16FN3O.